The Morgan fingerprint density at radius 1 is 0.686 bits per heavy atom. The number of unbranched alkanes of at least 4 members (excludes halogenated alkanes) is 6. The predicted octanol–water partition coefficient (Wildman–Crippen LogP) is 8.34. The van der Waals surface area contributed by atoms with Crippen LogP contribution in [0.4, 0.5) is 5.69 Å². The number of nitrogens with one attached hydrogen (secondary N) is 1. The molecule has 0 fully saturated rings. The van der Waals surface area contributed by atoms with E-state index in [9.17, 15) is 0 Å². The van der Waals surface area contributed by atoms with Crippen molar-refractivity contribution in [1.29, 1.82) is 0 Å². The normalized spacial score (nSPS) is 12.2. The molecular formula is C31H40N4. The third-order valence-electron chi connectivity index (χ3n) is 6.81. The summed E-state index contributed by atoms with van der Waals surface area (Å²) in [5.74, 6) is 0. The van der Waals surface area contributed by atoms with E-state index in [0.717, 1.165) is 29.6 Å². The zero-order valence-corrected chi connectivity index (χ0v) is 21.4. The standard InChI is InChI=1S/C31H40N4/c1-3-5-7-8-9-10-14-26-19-23-28(24-20-26)32-31(27-21-17-25(18-22-27)13-6-4-2)35-30-16-12-11-15-29(30)33-34-35/h11-12,15-24,31-32H,3-10,13-14H2,1-2H3. The zero-order valence-electron chi connectivity index (χ0n) is 21.4. The number of para-hydroxylation sites is 1. The van der Waals surface area contributed by atoms with Crippen LogP contribution in [0.1, 0.15) is 88.1 Å². The highest BCUT2D eigenvalue weighted by atomic mass is 15.5. The lowest BCUT2D eigenvalue weighted by molar-refractivity contribution is 0.571. The summed E-state index contributed by atoms with van der Waals surface area (Å²) < 4.78 is 2.00. The zero-order chi connectivity index (χ0) is 24.3. The van der Waals surface area contributed by atoms with Crippen LogP contribution in [0.25, 0.3) is 11.0 Å². The molecule has 4 rings (SSSR count). The molecule has 1 aromatic heterocycles. The maximum Gasteiger partial charge on any atom is 0.149 e. The number of aryl methyl sites for hydroxylation is 2. The van der Waals surface area contributed by atoms with Gasteiger partial charge in [-0.2, -0.15) is 0 Å². The first-order valence-electron chi connectivity index (χ1n) is 13.5. The van der Waals surface area contributed by atoms with Gasteiger partial charge < -0.3 is 5.32 Å². The maximum absolute atomic E-state index is 4.53. The number of fused-ring (bicyclic) bond motifs is 1. The van der Waals surface area contributed by atoms with E-state index in [4.69, 9.17) is 0 Å². The first kappa shape index (κ1) is 25.0. The van der Waals surface area contributed by atoms with Crippen LogP contribution in [0.5, 0.6) is 0 Å². The lowest BCUT2D eigenvalue weighted by atomic mass is 10.0. The van der Waals surface area contributed by atoms with Crippen molar-refractivity contribution >= 4 is 16.7 Å². The van der Waals surface area contributed by atoms with E-state index in [1.54, 1.807) is 0 Å². The third-order valence-corrected chi connectivity index (χ3v) is 6.81. The minimum atomic E-state index is -0.132. The molecule has 4 heteroatoms. The Labute approximate surface area is 210 Å². The SMILES string of the molecule is CCCCCCCCc1ccc(NC(c2ccc(CCCC)cc2)n2nnc3ccccc32)cc1. The van der Waals surface area contributed by atoms with Crippen LogP contribution in [0.2, 0.25) is 0 Å². The Hall–Kier alpha value is -3.14. The molecular weight excluding hydrogens is 428 g/mol. The van der Waals surface area contributed by atoms with Crippen molar-refractivity contribution in [3.63, 3.8) is 0 Å². The molecule has 0 aliphatic carbocycles. The first-order valence-corrected chi connectivity index (χ1v) is 13.5. The molecule has 4 aromatic rings. The molecule has 0 aliphatic rings. The van der Waals surface area contributed by atoms with Crippen LogP contribution in [-0.4, -0.2) is 15.0 Å². The fourth-order valence-corrected chi connectivity index (χ4v) is 4.65. The topological polar surface area (TPSA) is 42.7 Å². The van der Waals surface area contributed by atoms with Crippen molar-refractivity contribution in [3.05, 3.63) is 89.5 Å². The Balaban J connectivity index is 1.49. The largest absolute Gasteiger partial charge is 0.360 e. The van der Waals surface area contributed by atoms with Gasteiger partial charge in [-0.05, 0) is 66.6 Å². The van der Waals surface area contributed by atoms with Gasteiger partial charge in [0, 0.05) is 5.69 Å². The van der Waals surface area contributed by atoms with Crippen LogP contribution >= 0.6 is 0 Å². The van der Waals surface area contributed by atoms with Crippen molar-refractivity contribution < 1.29 is 0 Å². The van der Waals surface area contributed by atoms with Crippen molar-refractivity contribution in [2.45, 2.75) is 84.2 Å². The fourth-order valence-electron chi connectivity index (χ4n) is 4.65. The molecule has 0 bridgehead atoms. The Morgan fingerprint density at radius 3 is 2.06 bits per heavy atom. The molecule has 184 valence electrons. The van der Waals surface area contributed by atoms with E-state index in [1.165, 1.54) is 68.1 Å². The van der Waals surface area contributed by atoms with E-state index in [0.29, 0.717) is 0 Å². The lowest BCUT2D eigenvalue weighted by Crippen LogP contribution is -2.21. The predicted molar refractivity (Wildman–Crippen MR) is 148 cm³/mol. The summed E-state index contributed by atoms with van der Waals surface area (Å²) in [7, 11) is 0. The number of hydrogen-bond donors (Lipinski definition) is 1. The fraction of sp³-hybridized carbons (Fsp3) is 0.419. The number of benzene rings is 3. The molecule has 0 aliphatic heterocycles. The van der Waals surface area contributed by atoms with E-state index >= 15 is 0 Å². The molecule has 1 atom stereocenters. The molecule has 0 radical (unpaired) electrons. The van der Waals surface area contributed by atoms with Crippen LogP contribution in [0, 0.1) is 0 Å². The molecule has 0 saturated heterocycles. The molecule has 4 nitrogen and oxygen atoms in total. The maximum atomic E-state index is 4.53. The monoisotopic (exact) mass is 468 g/mol. The average molecular weight is 469 g/mol. The first-order chi connectivity index (χ1) is 17.3. The Bertz CT molecular complexity index is 1140. The number of anilines is 1. The van der Waals surface area contributed by atoms with Crippen molar-refractivity contribution in [3.8, 4) is 0 Å². The summed E-state index contributed by atoms with van der Waals surface area (Å²) in [4.78, 5) is 0. The second-order valence-corrected chi connectivity index (χ2v) is 9.63. The summed E-state index contributed by atoms with van der Waals surface area (Å²) in [6.07, 6.45) is 12.6. The Morgan fingerprint density at radius 2 is 1.31 bits per heavy atom. The second-order valence-electron chi connectivity index (χ2n) is 9.63. The van der Waals surface area contributed by atoms with Gasteiger partial charge in [-0.1, -0.05) is 106 Å². The summed E-state index contributed by atoms with van der Waals surface area (Å²) >= 11 is 0. The van der Waals surface area contributed by atoms with E-state index in [1.807, 2.05) is 22.9 Å². The Kier molecular flexibility index (Phi) is 9.33. The van der Waals surface area contributed by atoms with Gasteiger partial charge in [-0.15, -0.1) is 5.10 Å². The third kappa shape index (κ3) is 6.94. The molecule has 1 N–H and O–H groups in total. The van der Waals surface area contributed by atoms with Crippen LogP contribution in [-0.2, 0) is 12.8 Å². The van der Waals surface area contributed by atoms with Crippen molar-refractivity contribution in [1.82, 2.24) is 15.0 Å². The van der Waals surface area contributed by atoms with Gasteiger partial charge in [0.1, 0.15) is 11.7 Å². The van der Waals surface area contributed by atoms with Gasteiger partial charge in [0.15, 0.2) is 0 Å². The van der Waals surface area contributed by atoms with Gasteiger partial charge >= 0.3 is 0 Å². The van der Waals surface area contributed by atoms with Gasteiger partial charge in [0.2, 0.25) is 0 Å². The quantitative estimate of drug-likeness (QED) is 0.189. The van der Waals surface area contributed by atoms with Gasteiger partial charge in [0.05, 0.1) is 5.52 Å². The molecule has 1 heterocycles. The van der Waals surface area contributed by atoms with Crippen LogP contribution in [0.3, 0.4) is 0 Å². The summed E-state index contributed by atoms with van der Waals surface area (Å²) in [6, 6.07) is 26.0. The minimum Gasteiger partial charge on any atom is -0.360 e. The number of aromatic nitrogens is 3. The number of rotatable bonds is 14. The van der Waals surface area contributed by atoms with E-state index in [-0.39, 0.29) is 6.17 Å². The molecule has 35 heavy (non-hydrogen) atoms. The summed E-state index contributed by atoms with van der Waals surface area (Å²) in [5, 5.41) is 12.7. The van der Waals surface area contributed by atoms with E-state index in [2.05, 4.69) is 84.1 Å². The lowest BCUT2D eigenvalue weighted by Gasteiger charge is -2.22. The molecule has 0 amide bonds. The van der Waals surface area contributed by atoms with Crippen molar-refractivity contribution in [2.75, 3.05) is 5.32 Å². The van der Waals surface area contributed by atoms with Crippen LogP contribution < -0.4 is 5.32 Å². The molecule has 3 aromatic carbocycles. The second kappa shape index (κ2) is 13.1. The summed E-state index contributed by atoms with van der Waals surface area (Å²) in [6.45, 7) is 4.51. The molecule has 0 spiro atoms. The molecule has 1 unspecified atom stereocenters. The highest BCUT2D eigenvalue weighted by molar-refractivity contribution is 5.74. The highest BCUT2D eigenvalue weighted by Crippen LogP contribution is 2.26. The van der Waals surface area contributed by atoms with Gasteiger partial charge in [-0.3, -0.25) is 0 Å². The smallest absolute Gasteiger partial charge is 0.149 e. The number of hydrogen-bond acceptors (Lipinski definition) is 3. The van der Waals surface area contributed by atoms with E-state index < -0.39 is 0 Å². The van der Waals surface area contributed by atoms with Gasteiger partial charge in [0.25, 0.3) is 0 Å². The van der Waals surface area contributed by atoms with Crippen LogP contribution in [0.15, 0.2) is 72.8 Å². The highest BCUT2D eigenvalue weighted by Gasteiger charge is 2.18. The van der Waals surface area contributed by atoms with Gasteiger partial charge in [-0.25, -0.2) is 4.68 Å². The average Bonchev–Trinajstić information content (AvgIpc) is 3.33. The minimum absolute atomic E-state index is 0.132. The van der Waals surface area contributed by atoms with Crippen molar-refractivity contribution in [2.24, 2.45) is 0 Å². The molecule has 0 saturated carbocycles. The number of nitrogens with zero attached hydrogens (tertiary/aromatic N) is 3. The summed E-state index contributed by atoms with van der Waals surface area (Å²) in [5.41, 5.74) is 7.01.